The Morgan fingerprint density at radius 2 is 1.81 bits per heavy atom. The molecule has 0 fully saturated rings. The number of carbonyl (C=O) groups is 1. The molecular weight excluding hydrogens is 370 g/mol. The molecule has 1 aromatic carbocycles. The maximum Gasteiger partial charge on any atom is 0.237 e. The number of carbonyl (C=O) groups excluding carboxylic acids is 1. The average Bonchev–Trinajstić information content (AvgIpc) is 3.16. The first kappa shape index (κ1) is 18.8. The third-order valence-corrected chi connectivity index (χ3v) is 4.88. The minimum Gasteiger partial charge on any atom is -0.493 e. The van der Waals surface area contributed by atoms with Crippen molar-refractivity contribution in [3.05, 3.63) is 24.8 Å². The summed E-state index contributed by atoms with van der Waals surface area (Å²) < 4.78 is 15.9. The van der Waals surface area contributed by atoms with Gasteiger partial charge in [-0.15, -0.1) is 0 Å². The maximum atomic E-state index is 12.6. The number of thioether (sulfide) groups is 1. The van der Waals surface area contributed by atoms with Gasteiger partial charge in [-0.2, -0.15) is 0 Å². The number of fused-ring (bicyclic) bond motifs is 1. The first-order valence-corrected chi connectivity index (χ1v) is 8.87. The van der Waals surface area contributed by atoms with Gasteiger partial charge in [0, 0.05) is 17.8 Å². The van der Waals surface area contributed by atoms with Gasteiger partial charge >= 0.3 is 0 Å². The predicted molar refractivity (Wildman–Crippen MR) is 102 cm³/mol. The molecule has 142 valence electrons. The van der Waals surface area contributed by atoms with Crippen LogP contribution in [0.1, 0.15) is 6.92 Å². The third kappa shape index (κ3) is 3.90. The van der Waals surface area contributed by atoms with Crippen molar-refractivity contribution in [3.63, 3.8) is 0 Å². The fourth-order valence-corrected chi connectivity index (χ4v) is 3.33. The van der Waals surface area contributed by atoms with Crippen molar-refractivity contribution in [3.8, 4) is 17.2 Å². The van der Waals surface area contributed by atoms with Gasteiger partial charge in [0.1, 0.15) is 16.9 Å². The Labute approximate surface area is 159 Å². The lowest BCUT2D eigenvalue weighted by molar-refractivity contribution is -0.115. The lowest BCUT2D eigenvalue weighted by Gasteiger charge is -2.16. The van der Waals surface area contributed by atoms with Gasteiger partial charge in [0.25, 0.3) is 0 Å². The SMILES string of the molecule is COc1cc(NC(=O)[C@H](C)Sc2ncnc3nc[nH]c23)cc(OC)c1OC. The van der Waals surface area contributed by atoms with Crippen LogP contribution >= 0.6 is 11.8 Å². The highest BCUT2D eigenvalue weighted by atomic mass is 32.2. The fourth-order valence-electron chi connectivity index (χ4n) is 2.45. The summed E-state index contributed by atoms with van der Waals surface area (Å²) in [6.45, 7) is 1.79. The number of hydrogen-bond donors (Lipinski definition) is 2. The quantitative estimate of drug-likeness (QED) is 0.468. The Hall–Kier alpha value is -3.01. The second kappa shape index (κ2) is 8.12. The molecule has 9 nitrogen and oxygen atoms in total. The molecule has 0 saturated heterocycles. The summed E-state index contributed by atoms with van der Waals surface area (Å²) >= 11 is 1.31. The van der Waals surface area contributed by atoms with E-state index in [1.807, 2.05) is 0 Å². The first-order chi connectivity index (χ1) is 13.1. The van der Waals surface area contributed by atoms with E-state index in [1.165, 1.54) is 39.4 Å². The van der Waals surface area contributed by atoms with E-state index in [1.54, 1.807) is 25.4 Å². The van der Waals surface area contributed by atoms with Crippen LogP contribution in [0, 0.1) is 0 Å². The number of nitrogens with one attached hydrogen (secondary N) is 2. The lowest BCUT2D eigenvalue weighted by Crippen LogP contribution is -2.22. The number of aromatic nitrogens is 4. The van der Waals surface area contributed by atoms with Crippen LogP contribution in [0.25, 0.3) is 11.2 Å². The van der Waals surface area contributed by atoms with Gasteiger partial charge in [0.15, 0.2) is 17.1 Å². The minimum absolute atomic E-state index is 0.194. The summed E-state index contributed by atoms with van der Waals surface area (Å²) in [7, 11) is 4.56. The van der Waals surface area contributed by atoms with E-state index in [9.17, 15) is 4.79 Å². The largest absolute Gasteiger partial charge is 0.493 e. The van der Waals surface area contributed by atoms with E-state index in [0.29, 0.717) is 39.1 Å². The summed E-state index contributed by atoms with van der Waals surface area (Å²) in [4.78, 5) is 28.0. The number of methoxy groups -OCH3 is 3. The van der Waals surface area contributed by atoms with Crippen molar-refractivity contribution in [2.24, 2.45) is 0 Å². The van der Waals surface area contributed by atoms with Crippen molar-refractivity contribution in [2.75, 3.05) is 26.6 Å². The zero-order valence-electron chi connectivity index (χ0n) is 15.3. The molecule has 0 spiro atoms. The normalized spacial score (nSPS) is 11.9. The van der Waals surface area contributed by atoms with Crippen LogP contribution in [0.3, 0.4) is 0 Å². The Morgan fingerprint density at radius 3 is 2.44 bits per heavy atom. The smallest absolute Gasteiger partial charge is 0.237 e. The second-order valence-electron chi connectivity index (χ2n) is 5.44. The Kier molecular flexibility index (Phi) is 5.65. The molecule has 27 heavy (non-hydrogen) atoms. The molecule has 0 unspecified atom stereocenters. The molecule has 1 amide bonds. The molecule has 2 aromatic heterocycles. The first-order valence-electron chi connectivity index (χ1n) is 7.99. The van der Waals surface area contributed by atoms with Crippen LogP contribution in [0.15, 0.2) is 29.8 Å². The van der Waals surface area contributed by atoms with Crippen molar-refractivity contribution in [1.29, 1.82) is 0 Å². The summed E-state index contributed by atoms with van der Waals surface area (Å²) in [6, 6.07) is 3.35. The molecule has 0 aliphatic carbocycles. The molecule has 2 N–H and O–H groups in total. The van der Waals surface area contributed by atoms with Crippen LogP contribution in [-0.2, 0) is 4.79 Å². The van der Waals surface area contributed by atoms with E-state index in [4.69, 9.17) is 14.2 Å². The standard InChI is InChI=1S/C17H19N5O4S/c1-9(27-17-13-15(19-7-18-13)20-8-21-17)16(23)22-10-5-11(24-2)14(26-4)12(6-10)25-3/h5-9H,1-4H3,(H,22,23)(H,18,19,20,21)/t9-/m0/s1. The second-order valence-corrected chi connectivity index (χ2v) is 6.77. The van der Waals surface area contributed by atoms with Gasteiger partial charge in [0.2, 0.25) is 11.7 Å². The lowest BCUT2D eigenvalue weighted by atomic mass is 10.2. The maximum absolute atomic E-state index is 12.6. The van der Waals surface area contributed by atoms with Gasteiger partial charge in [-0.05, 0) is 6.92 Å². The van der Waals surface area contributed by atoms with E-state index in [0.717, 1.165) is 0 Å². The van der Waals surface area contributed by atoms with Gasteiger partial charge in [-0.25, -0.2) is 15.0 Å². The van der Waals surface area contributed by atoms with Gasteiger partial charge < -0.3 is 24.5 Å². The molecule has 2 heterocycles. The third-order valence-electron chi connectivity index (χ3n) is 3.78. The number of nitrogens with zero attached hydrogens (tertiary/aromatic N) is 3. The zero-order valence-corrected chi connectivity index (χ0v) is 16.1. The van der Waals surface area contributed by atoms with Crippen molar-refractivity contribution in [1.82, 2.24) is 19.9 Å². The Morgan fingerprint density at radius 1 is 1.11 bits per heavy atom. The van der Waals surface area contributed by atoms with Crippen LogP contribution in [-0.4, -0.2) is 52.4 Å². The molecule has 0 saturated carbocycles. The highest BCUT2D eigenvalue weighted by Gasteiger charge is 2.20. The molecule has 3 aromatic rings. The fraction of sp³-hybridized carbons (Fsp3) is 0.294. The number of ether oxygens (including phenoxy) is 3. The van der Waals surface area contributed by atoms with E-state index >= 15 is 0 Å². The zero-order chi connectivity index (χ0) is 19.4. The number of imidazole rings is 1. The van der Waals surface area contributed by atoms with Gasteiger partial charge in [-0.3, -0.25) is 4.79 Å². The number of amides is 1. The molecular formula is C17H19N5O4S. The van der Waals surface area contributed by atoms with Crippen LogP contribution in [0.4, 0.5) is 5.69 Å². The highest BCUT2D eigenvalue weighted by Crippen LogP contribution is 2.40. The monoisotopic (exact) mass is 389 g/mol. The number of rotatable bonds is 7. The molecule has 0 bridgehead atoms. The highest BCUT2D eigenvalue weighted by molar-refractivity contribution is 8.00. The van der Waals surface area contributed by atoms with E-state index < -0.39 is 5.25 Å². The van der Waals surface area contributed by atoms with Gasteiger partial charge in [-0.1, -0.05) is 11.8 Å². The number of anilines is 1. The average molecular weight is 389 g/mol. The van der Waals surface area contributed by atoms with E-state index in [-0.39, 0.29) is 5.91 Å². The van der Waals surface area contributed by atoms with Crippen molar-refractivity contribution < 1.29 is 19.0 Å². The van der Waals surface area contributed by atoms with E-state index in [2.05, 4.69) is 25.3 Å². The molecule has 1 atom stereocenters. The van der Waals surface area contributed by atoms with Crippen LogP contribution in [0.2, 0.25) is 0 Å². The molecule has 3 rings (SSSR count). The summed E-state index contributed by atoms with van der Waals surface area (Å²) in [5.41, 5.74) is 1.80. The Bertz CT molecular complexity index is 936. The molecule has 0 radical (unpaired) electrons. The Balaban J connectivity index is 1.77. The number of aromatic amines is 1. The predicted octanol–water partition coefficient (Wildman–Crippen LogP) is 2.50. The minimum atomic E-state index is -0.412. The number of hydrogen-bond acceptors (Lipinski definition) is 8. The van der Waals surface area contributed by atoms with Crippen LogP contribution < -0.4 is 19.5 Å². The van der Waals surface area contributed by atoms with Crippen LogP contribution in [0.5, 0.6) is 17.2 Å². The number of H-pyrrole nitrogens is 1. The van der Waals surface area contributed by atoms with Crippen molar-refractivity contribution in [2.45, 2.75) is 17.2 Å². The summed E-state index contributed by atoms with van der Waals surface area (Å²) in [5.74, 6) is 1.19. The summed E-state index contributed by atoms with van der Waals surface area (Å²) in [5, 5.41) is 3.11. The molecule has 0 aliphatic heterocycles. The topological polar surface area (TPSA) is 111 Å². The molecule has 10 heteroatoms. The summed E-state index contributed by atoms with van der Waals surface area (Å²) in [6.07, 6.45) is 2.97. The number of benzene rings is 1. The molecule has 0 aliphatic rings. The van der Waals surface area contributed by atoms with Crippen molar-refractivity contribution >= 4 is 34.5 Å². The van der Waals surface area contributed by atoms with Gasteiger partial charge in [0.05, 0.1) is 32.9 Å².